The lowest BCUT2D eigenvalue weighted by atomic mass is 10.2. The molecule has 0 aromatic heterocycles. The van der Waals surface area contributed by atoms with Crippen LogP contribution in [-0.4, -0.2) is 65.0 Å². The van der Waals surface area contributed by atoms with E-state index in [0.717, 1.165) is 52.5 Å². The van der Waals surface area contributed by atoms with Crippen molar-refractivity contribution in [1.82, 2.24) is 5.32 Å². The van der Waals surface area contributed by atoms with Gasteiger partial charge in [0.1, 0.15) is 12.4 Å². The third kappa shape index (κ3) is 9.02. The van der Waals surface area contributed by atoms with Crippen LogP contribution in [-0.2, 0) is 14.3 Å². The molecule has 0 spiro atoms. The second-order valence-electron chi connectivity index (χ2n) is 7.39. The number of ether oxygens (including phenoxy) is 1. The van der Waals surface area contributed by atoms with E-state index >= 15 is 0 Å². The second kappa shape index (κ2) is 15.0. The second-order valence-corrected chi connectivity index (χ2v) is 8.89. The fourth-order valence-electron chi connectivity index (χ4n) is 3.47. The van der Waals surface area contributed by atoms with E-state index in [1.54, 1.807) is 13.1 Å². The zero-order chi connectivity index (χ0) is 23.2. The summed E-state index contributed by atoms with van der Waals surface area (Å²) in [5, 5.41) is 2.65. The monoisotopic (exact) mass is 455 g/mol. The van der Waals surface area contributed by atoms with Gasteiger partial charge in [0.05, 0.1) is 12.2 Å². The molecule has 1 aromatic carbocycles. The number of carbonyl (C=O) groups excluding carboxylic acids is 2. The summed E-state index contributed by atoms with van der Waals surface area (Å²) in [7, 11) is 4.56. The summed E-state index contributed by atoms with van der Waals surface area (Å²) in [6, 6.07) is 5.31. The third-order valence-corrected chi connectivity index (χ3v) is 6.63. The van der Waals surface area contributed by atoms with Gasteiger partial charge < -0.3 is 19.9 Å². The van der Waals surface area contributed by atoms with Gasteiger partial charge in [-0.15, -0.1) is 8.58 Å². The molecule has 1 aliphatic carbocycles. The Morgan fingerprint density at radius 1 is 1.35 bits per heavy atom. The Morgan fingerprint density at radius 3 is 2.55 bits per heavy atom. The van der Waals surface area contributed by atoms with Gasteiger partial charge in [-0.2, -0.15) is 0 Å². The summed E-state index contributed by atoms with van der Waals surface area (Å²) in [5.41, 5.74) is 1.48. The van der Waals surface area contributed by atoms with E-state index in [0.29, 0.717) is 37.1 Å². The Balaban J connectivity index is 0.000000365. The number of carbonyl (C=O) groups is 2. The average Bonchev–Trinajstić information content (AvgIpc) is 3.61. The van der Waals surface area contributed by atoms with Crippen LogP contribution >= 0.6 is 8.58 Å². The first-order chi connectivity index (χ1) is 15.0. The van der Waals surface area contributed by atoms with Gasteiger partial charge in [-0.3, -0.25) is 9.59 Å². The molecule has 2 fully saturated rings. The molecule has 1 N–H and O–H groups in total. The molecule has 1 heterocycles. The van der Waals surface area contributed by atoms with Crippen molar-refractivity contribution in [3.63, 3.8) is 0 Å². The highest BCUT2D eigenvalue weighted by molar-refractivity contribution is 7.38. The third-order valence-electron chi connectivity index (χ3n) is 5.47. The number of nitrogens with one attached hydrogen (secondary N) is 1. The summed E-state index contributed by atoms with van der Waals surface area (Å²) >= 11 is 0. The molecule has 1 amide bonds. The van der Waals surface area contributed by atoms with Crippen LogP contribution in [0.5, 0.6) is 0 Å². The van der Waals surface area contributed by atoms with Gasteiger partial charge >= 0.3 is 0 Å². The van der Waals surface area contributed by atoms with Crippen LogP contribution in [0.2, 0.25) is 0 Å². The van der Waals surface area contributed by atoms with E-state index in [4.69, 9.17) is 0 Å². The Labute approximate surface area is 188 Å². The van der Waals surface area contributed by atoms with E-state index in [2.05, 4.69) is 21.9 Å². The summed E-state index contributed by atoms with van der Waals surface area (Å²) in [6.07, 6.45) is 4.57. The number of rotatable bonds is 8. The number of likely N-dealkylation sites (N-methyl/N-ethyl adjacent to an activating group) is 1. The predicted molar refractivity (Wildman–Crippen MR) is 129 cm³/mol. The van der Waals surface area contributed by atoms with Gasteiger partial charge in [0.15, 0.2) is 0 Å². The predicted octanol–water partition coefficient (Wildman–Crippen LogP) is 3.74. The number of benzene rings is 1. The molecule has 0 radical (unpaired) electrons. The molecule has 8 heteroatoms. The normalized spacial score (nSPS) is 19.1. The molecule has 6 nitrogen and oxygen atoms in total. The van der Waals surface area contributed by atoms with E-state index in [9.17, 15) is 14.0 Å². The van der Waals surface area contributed by atoms with Crippen molar-refractivity contribution >= 4 is 32.3 Å². The fraction of sp³-hybridized carbons (Fsp3) is 0.652. The van der Waals surface area contributed by atoms with Crippen LogP contribution in [0.1, 0.15) is 33.6 Å². The molecule has 1 saturated heterocycles. The van der Waals surface area contributed by atoms with Crippen LogP contribution in [0.25, 0.3) is 0 Å². The molecule has 1 aromatic rings. The molecule has 1 aliphatic heterocycles. The maximum atomic E-state index is 14.2. The van der Waals surface area contributed by atoms with Crippen LogP contribution in [0.3, 0.4) is 0 Å². The molecular weight excluding hydrogens is 416 g/mol. The van der Waals surface area contributed by atoms with Crippen LogP contribution in [0.15, 0.2) is 18.2 Å². The summed E-state index contributed by atoms with van der Waals surface area (Å²) in [6.45, 7) is 9.29. The van der Waals surface area contributed by atoms with Gasteiger partial charge in [-0.25, -0.2) is 4.39 Å². The zero-order valence-electron chi connectivity index (χ0n) is 19.6. The molecule has 1 saturated carbocycles. The molecule has 3 rings (SSSR count). The first-order valence-electron chi connectivity index (χ1n) is 11.2. The molecule has 176 valence electrons. The van der Waals surface area contributed by atoms with Gasteiger partial charge in [0.2, 0.25) is 5.91 Å². The molecule has 2 unspecified atom stereocenters. The summed E-state index contributed by atoms with van der Waals surface area (Å²) in [4.78, 5) is 24.9. The molecule has 2 atom stereocenters. The Hall–Kier alpha value is -1.88. The van der Waals surface area contributed by atoms with Gasteiger partial charge in [0, 0.05) is 38.8 Å². The molecule has 2 aliphatic rings. The minimum absolute atomic E-state index is 0.184. The number of nitrogens with zero attached hydrogens (tertiary/aromatic N) is 2. The largest absolute Gasteiger partial charge is 0.466 e. The lowest BCUT2D eigenvalue weighted by Crippen LogP contribution is -2.32. The molecule has 31 heavy (non-hydrogen) atoms. The van der Waals surface area contributed by atoms with Crippen molar-refractivity contribution in [2.24, 2.45) is 11.8 Å². The van der Waals surface area contributed by atoms with Gasteiger partial charge in [-0.1, -0.05) is 27.2 Å². The highest BCUT2D eigenvalue weighted by Crippen LogP contribution is 2.40. The van der Waals surface area contributed by atoms with Crippen LogP contribution in [0, 0.1) is 17.7 Å². The lowest BCUT2D eigenvalue weighted by molar-refractivity contribution is -0.128. The fourth-order valence-corrected chi connectivity index (χ4v) is 4.57. The SMILES string of the molecule is CC.CCC1CC1C(=O)NC.CN(CCOC=O)c1ccc(N2CCPCC2)c(F)c1. The first-order valence-corrected chi connectivity index (χ1v) is 12.7. The average molecular weight is 456 g/mol. The number of halogens is 1. The Kier molecular flexibility index (Phi) is 13.1. The first kappa shape index (κ1) is 27.2. The Bertz CT molecular complexity index is 671. The van der Waals surface area contributed by atoms with E-state index in [1.165, 1.54) is 0 Å². The van der Waals surface area contributed by atoms with Crippen molar-refractivity contribution in [3.8, 4) is 0 Å². The molecule has 0 bridgehead atoms. The van der Waals surface area contributed by atoms with Crippen molar-refractivity contribution in [3.05, 3.63) is 24.0 Å². The number of hydrogen-bond donors (Lipinski definition) is 1. The molecular formula is C23H39FN3O3P. The Morgan fingerprint density at radius 2 is 2.03 bits per heavy atom. The van der Waals surface area contributed by atoms with Crippen molar-refractivity contribution in [2.45, 2.75) is 33.6 Å². The standard InChI is InChI=1S/C14H20FN2O2P.C7H13NO.C2H6/c1-16(4-7-19-11-18)12-2-3-14(13(15)10-12)17-5-8-20-9-6-17;1-3-5-4-6(5)7(9)8-2;1-2/h2-3,10-11,20H,4-9H2,1H3;5-6H,3-4H2,1-2H3,(H,8,9);1-2H3. The van der Waals surface area contributed by atoms with Gasteiger partial charge in [-0.05, 0) is 42.9 Å². The number of amides is 1. The van der Waals surface area contributed by atoms with E-state index in [-0.39, 0.29) is 11.7 Å². The van der Waals surface area contributed by atoms with Crippen molar-refractivity contribution in [2.75, 3.05) is 62.5 Å². The van der Waals surface area contributed by atoms with Gasteiger partial charge in [0.25, 0.3) is 6.47 Å². The summed E-state index contributed by atoms with van der Waals surface area (Å²) < 4.78 is 18.9. The van der Waals surface area contributed by atoms with Crippen LogP contribution < -0.4 is 15.1 Å². The zero-order valence-corrected chi connectivity index (χ0v) is 20.6. The minimum atomic E-state index is -0.184. The summed E-state index contributed by atoms with van der Waals surface area (Å²) in [5.74, 6) is 1.07. The minimum Gasteiger partial charge on any atom is -0.466 e. The van der Waals surface area contributed by atoms with Crippen LogP contribution in [0.4, 0.5) is 15.8 Å². The highest BCUT2D eigenvalue weighted by atomic mass is 31.1. The van der Waals surface area contributed by atoms with Crippen molar-refractivity contribution < 1.29 is 18.7 Å². The maximum absolute atomic E-state index is 14.2. The maximum Gasteiger partial charge on any atom is 0.293 e. The van der Waals surface area contributed by atoms with Crippen molar-refractivity contribution in [1.29, 1.82) is 0 Å². The highest BCUT2D eigenvalue weighted by Gasteiger charge is 2.40. The van der Waals surface area contributed by atoms with E-state index < -0.39 is 0 Å². The van der Waals surface area contributed by atoms with E-state index in [1.807, 2.05) is 37.9 Å². The number of anilines is 2. The number of hydrogen-bond acceptors (Lipinski definition) is 5. The smallest absolute Gasteiger partial charge is 0.293 e. The lowest BCUT2D eigenvalue weighted by Gasteiger charge is -2.29. The topological polar surface area (TPSA) is 61.9 Å². The quantitative estimate of drug-likeness (QED) is 0.368.